The topological polar surface area (TPSA) is 71.3 Å². The Balaban J connectivity index is 1.63. The van der Waals surface area contributed by atoms with Gasteiger partial charge in [0, 0.05) is 5.56 Å². The highest BCUT2D eigenvalue weighted by molar-refractivity contribution is 5.92. The Morgan fingerprint density at radius 2 is 1.74 bits per heavy atom. The molecule has 6 nitrogen and oxygen atoms in total. The number of amides is 1. The summed E-state index contributed by atoms with van der Waals surface area (Å²) in [5, 5.41) is 5.93. The van der Waals surface area contributed by atoms with Gasteiger partial charge in [0.2, 0.25) is 17.6 Å². The number of aromatic nitrogens is 2. The second-order valence-electron chi connectivity index (χ2n) is 6.53. The summed E-state index contributed by atoms with van der Waals surface area (Å²) in [6.07, 6.45) is -4.45. The Morgan fingerprint density at radius 3 is 2.32 bits per heavy atom. The van der Waals surface area contributed by atoms with E-state index in [4.69, 9.17) is 4.52 Å². The number of anilines is 1. The molecule has 3 aromatic rings. The number of hydrogen-bond donors (Lipinski definition) is 1. The summed E-state index contributed by atoms with van der Waals surface area (Å²) < 4.78 is 70.4. The molecule has 31 heavy (non-hydrogen) atoms. The minimum absolute atomic E-state index is 0.0529. The standard InChI is InChI=1S/C20H17F5N4O2/c1-2-29(10-16(30)26-18-14(21)4-3-5-15(18)22)11-17-27-19(28-31-17)12-6-8-13(9-7-12)20(23,24)25/h3-9H,2,10-11H2,1H3,(H,26,30). The van der Waals surface area contributed by atoms with Crippen LogP contribution in [0, 0.1) is 11.6 Å². The molecule has 1 N–H and O–H groups in total. The van der Waals surface area contributed by atoms with Gasteiger partial charge >= 0.3 is 6.18 Å². The first-order chi connectivity index (χ1) is 14.7. The predicted octanol–water partition coefficient (Wildman–Crippen LogP) is 4.49. The SMILES string of the molecule is CCN(CC(=O)Nc1c(F)cccc1F)Cc1nc(-c2ccc(C(F)(F)F)cc2)no1. The van der Waals surface area contributed by atoms with E-state index in [0.717, 1.165) is 24.3 Å². The molecule has 2 aromatic carbocycles. The molecule has 0 bridgehead atoms. The molecule has 11 heteroatoms. The maximum absolute atomic E-state index is 13.7. The second kappa shape index (κ2) is 9.21. The molecule has 0 atom stereocenters. The predicted molar refractivity (Wildman–Crippen MR) is 101 cm³/mol. The molecule has 0 unspecified atom stereocenters. The molecule has 0 saturated heterocycles. The van der Waals surface area contributed by atoms with Gasteiger partial charge in [0.05, 0.1) is 18.7 Å². The third kappa shape index (κ3) is 5.63. The van der Waals surface area contributed by atoms with E-state index < -0.39 is 35.0 Å². The lowest BCUT2D eigenvalue weighted by Crippen LogP contribution is -2.33. The Bertz CT molecular complexity index is 1030. The van der Waals surface area contributed by atoms with Gasteiger partial charge in [-0.05, 0) is 30.8 Å². The number of nitrogens with one attached hydrogen (secondary N) is 1. The van der Waals surface area contributed by atoms with Crippen molar-refractivity contribution in [1.29, 1.82) is 0 Å². The largest absolute Gasteiger partial charge is 0.416 e. The van der Waals surface area contributed by atoms with Crippen LogP contribution in [0.15, 0.2) is 47.0 Å². The lowest BCUT2D eigenvalue weighted by Gasteiger charge is -2.17. The smallest absolute Gasteiger partial charge is 0.338 e. The number of carbonyl (C=O) groups excluding carboxylic acids is 1. The first kappa shape index (κ1) is 22.3. The van der Waals surface area contributed by atoms with E-state index in [-0.39, 0.29) is 24.8 Å². The van der Waals surface area contributed by atoms with E-state index in [1.54, 1.807) is 11.8 Å². The van der Waals surface area contributed by atoms with E-state index >= 15 is 0 Å². The third-order valence-electron chi connectivity index (χ3n) is 4.34. The molecule has 0 spiro atoms. The molecular formula is C20H17F5N4O2. The normalized spacial score (nSPS) is 11.7. The Morgan fingerprint density at radius 1 is 1.10 bits per heavy atom. The Hall–Kier alpha value is -3.34. The highest BCUT2D eigenvalue weighted by Gasteiger charge is 2.30. The van der Waals surface area contributed by atoms with Crippen LogP contribution in [-0.4, -0.2) is 34.0 Å². The van der Waals surface area contributed by atoms with Gasteiger partial charge < -0.3 is 9.84 Å². The van der Waals surface area contributed by atoms with Crippen molar-refractivity contribution >= 4 is 11.6 Å². The van der Waals surface area contributed by atoms with Crippen LogP contribution in [0.4, 0.5) is 27.6 Å². The zero-order valence-corrected chi connectivity index (χ0v) is 16.2. The van der Waals surface area contributed by atoms with Crippen LogP contribution < -0.4 is 5.32 Å². The van der Waals surface area contributed by atoms with E-state index in [1.807, 2.05) is 0 Å². The van der Waals surface area contributed by atoms with Crippen molar-refractivity contribution in [2.24, 2.45) is 0 Å². The molecule has 0 aliphatic rings. The second-order valence-corrected chi connectivity index (χ2v) is 6.53. The van der Waals surface area contributed by atoms with E-state index in [2.05, 4.69) is 15.5 Å². The minimum atomic E-state index is -4.45. The molecule has 0 fully saturated rings. The highest BCUT2D eigenvalue weighted by atomic mass is 19.4. The zero-order chi connectivity index (χ0) is 22.6. The number of hydrogen-bond acceptors (Lipinski definition) is 5. The summed E-state index contributed by atoms with van der Waals surface area (Å²) >= 11 is 0. The lowest BCUT2D eigenvalue weighted by atomic mass is 10.1. The van der Waals surface area contributed by atoms with Crippen molar-refractivity contribution in [2.75, 3.05) is 18.4 Å². The summed E-state index contributed by atoms with van der Waals surface area (Å²) in [6.45, 7) is 1.98. The van der Waals surface area contributed by atoms with E-state index in [0.29, 0.717) is 12.1 Å². The number of rotatable bonds is 7. The molecule has 0 radical (unpaired) electrons. The zero-order valence-electron chi connectivity index (χ0n) is 16.2. The average Bonchev–Trinajstić information content (AvgIpc) is 3.18. The van der Waals surface area contributed by atoms with Crippen molar-refractivity contribution in [3.05, 3.63) is 65.6 Å². The van der Waals surface area contributed by atoms with Crippen molar-refractivity contribution in [1.82, 2.24) is 15.0 Å². The van der Waals surface area contributed by atoms with Gasteiger partial charge in [-0.15, -0.1) is 0 Å². The first-order valence-corrected chi connectivity index (χ1v) is 9.13. The van der Waals surface area contributed by atoms with E-state index in [1.165, 1.54) is 18.2 Å². The summed E-state index contributed by atoms with van der Waals surface area (Å²) in [6, 6.07) is 7.51. The van der Waals surface area contributed by atoms with Crippen molar-refractivity contribution in [3.8, 4) is 11.4 Å². The van der Waals surface area contributed by atoms with Crippen LogP contribution in [0.1, 0.15) is 18.4 Å². The summed E-state index contributed by atoms with van der Waals surface area (Å²) in [5.74, 6) is -2.21. The fourth-order valence-corrected chi connectivity index (χ4v) is 2.71. The number of halogens is 5. The van der Waals surface area contributed by atoms with Crippen LogP contribution in [-0.2, 0) is 17.5 Å². The molecule has 164 valence electrons. The average molecular weight is 440 g/mol. The fraction of sp³-hybridized carbons (Fsp3) is 0.250. The number of nitrogens with zero attached hydrogens (tertiary/aromatic N) is 3. The Labute approximate surface area is 173 Å². The first-order valence-electron chi connectivity index (χ1n) is 9.13. The third-order valence-corrected chi connectivity index (χ3v) is 4.34. The minimum Gasteiger partial charge on any atom is -0.338 e. The molecule has 0 aliphatic heterocycles. The quantitative estimate of drug-likeness (QED) is 0.548. The van der Waals surface area contributed by atoms with Gasteiger partial charge in [0.15, 0.2) is 0 Å². The molecule has 3 rings (SSSR count). The summed E-state index contributed by atoms with van der Waals surface area (Å²) in [5.41, 5.74) is -1.00. The number of carbonyl (C=O) groups is 1. The van der Waals surface area contributed by atoms with Crippen LogP contribution >= 0.6 is 0 Å². The van der Waals surface area contributed by atoms with E-state index in [9.17, 15) is 26.7 Å². The van der Waals surface area contributed by atoms with Gasteiger partial charge in [-0.2, -0.15) is 18.2 Å². The van der Waals surface area contributed by atoms with Gasteiger partial charge in [0.1, 0.15) is 17.3 Å². The molecule has 0 aliphatic carbocycles. The number of alkyl halides is 3. The van der Waals surface area contributed by atoms with Crippen LogP contribution in [0.2, 0.25) is 0 Å². The van der Waals surface area contributed by atoms with Gasteiger partial charge in [-0.25, -0.2) is 8.78 Å². The molecule has 0 saturated carbocycles. The van der Waals surface area contributed by atoms with Crippen molar-refractivity contribution in [3.63, 3.8) is 0 Å². The highest BCUT2D eigenvalue weighted by Crippen LogP contribution is 2.30. The number of likely N-dealkylation sites (N-methyl/N-ethyl adjacent to an activating group) is 1. The van der Waals surface area contributed by atoms with Crippen molar-refractivity contribution < 1.29 is 31.3 Å². The summed E-state index contributed by atoms with van der Waals surface area (Å²) in [7, 11) is 0. The maximum Gasteiger partial charge on any atom is 0.416 e. The van der Waals surface area contributed by atoms with Crippen molar-refractivity contribution in [2.45, 2.75) is 19.6 Å². The number of benzene rings is 2. The Kier molecular flexibility index (Phi) is 6.64. The summed E-state index contributed by atoms with van der Waals surface area (Å²) in [4.78, 5) is 17.9. The van der Waals surface area contributed by atoms with Gasteiger partial charge in [-0.3, -0.25) is 9.69 Å². The maximum atomic E-state index is 13.7. The molecule has 1 amide bonds. The van der Waals surface area contributed by atoms with Crippen LogP contribution in [0.25, 0.3) is 11.4 Å². The van der Waals surface area contributed by atoms with Gasteiger partial charge in [0.25, 0.3) is 0 Å². The van der Waals surface area contributed by atoms with Crippen LogP contribution in [0.3, 0.4) is 0 Å². The lowest BCUT2D eigenvalue weighted by molar-refractivity contribution is -0.137. The van der Waals surface area contributed by atoms with Crippen LogP contribution in [0.5, 0.6) is 0 Å². The fourth-order valence-electron chi connectivity index (χ4n) is 2.71. The molecule has 1 heterocycles. The number of para-hydroxylation sites is 1. The monoisotopic (exact) mass is 440 g/mol. The molecular weight excluding hydrogens is 423 g/mol. The van der Waals surface area contributed by atoms with Gasteiger partial charge in [-0.1, -0.05) is 30.3 Å². The molecule has 1 aromatic heterocycles.